The molecular weight excluding hydrogens is 248 g/mol. The van der Waals surface area contributed by atoms with Crippen LogP contribution in [0.15, 0.2) is 48.5 Å². The first-order chi connectivity index (χ1) is 9.83. The Morgan fingerprint density at radius 3 is 2.40 bits per heavy atom. The van der Waals surface area contributed by atoms with Gasteiger partial charge in [-0.3, -0.25) is 5.43 Å². The summed E-state index contributed by atoms with van der Waals surface area (Å²) in [4.78, 5) is 0. The van der Waals surface area contributed by atoms with Gasteiger partial charge in [-0.1, -0.05) is 37.6 Å². The van der Waals surface area contributed by atoms with Crippen molar-refractivity contribution < 1.29 is 4.74 Å². The first-order valence-electron chi connectivity index (χ1n) is 7.07. The van der Waals surface area contributed by atoms with Gasteiger partial charge in [-0.05, 0) is 42.7 Å². The van der Waals surface area contributed by atoms with Gasteiger partial charge in [0.2, 0.25) is 0 Å². The van der Waals surface area contributed by atoms with Crippen molar-refractivity contribution in [3.63, 3.8) is 0 Å². The fraction of sp³-hybridized carbons (Fsp3) is 0.294. The van der Waals surface area contributed by atoms with Gasteiger partial charge >= 0.3 is 0 Å². The second kappa shape index (κ2) is 7.43. The average molecular weight is 270 g/mol. The molecule has 0 radical (unpaired) electrons. The van der Waals surface area contributed by atoms with Gasteiger partial charge in [0.1, 0.15) is 5.75 Å². The molecule has 20 heavy (non-hydrogen) atoms. The van der Waals surface area contributed by atoms with Gasteiger partial charge in [0, 0.05) is 0 Å². The topological polar surface area (TPSA) is 33.3 Å². The number of anilines is 2. The second-order valence-electron chi connectivity index (χ2n) is 4.75. The molecule has 0 saturated heterocycles. The van der Waals surface area contributed by atoms with E-state index in [1.807, 2.05) is 24.3 Å². The number of hydrazine groups is 1. The SMILES string of the molecule is CCCCc1ccc(NNc2ccccc2OC)cc1. The van der Waals surface area contributed by atoms with Crippen molar-refractivity contribution in [2.24, 2.45) is 0 Å². The van der Waals surface area contributed by atoms with Crippen molar-refractivity contribution in [2.75, 3.05) is 18.0 Å². The Morgan fingerprint density at radius 2 is 1.70 bits per heavy atom. The van der Waals surface area contributed by atoms with Gasteiger partial charge in [0.05, 0.1) is 18.5 Å². The van der Waals surface area contributed by atoms with Crippen molar-refractivity contribution >= 4 is 11.4 Å². The van der Waals surface area contributed by atoms with Crippen LogP contribution in [0.1, 0.15) is 25.3 Å². The van der Waals surface area contributed by atoms with E-state index in [2.05, 4.69) is 42.0 Å². The molecule has 2 N–H and O–H groups in total. The van der Waals surface area contributed by atoms with Crippen molar-refractivity contribution in [2.45, 2.75) is 26.2 Å². The van der Waals surface area contributed by atoms with Gasteiger partial charge in [-0.2, -0.15) is 0 Å². The van der Waals surface area contributed by atoms with Crippen molar-refractivity contribution in [1.29, 1.82) is 0 Å². The maximum absolute atomic E-state index is 5.29. The quantitative estimate of drug-likeness (QED) is 0.728. The second-order valence-corrected chi connectivity index (χ2v) is 4.75. The van der Waals surface area contributed by atoms with Crippen LogP contribution in [0.3, 0.4) is 0 Å². The number of methoxy groups -OCH3 is 1. The highest BCUT2D eigenvalue weighted by atomic mass is 16.5. The highest BCUT2D eigenvalue weighted by Crippen LogP contribution is 2.23. The molecule has 0 atom stereocenters. The van der Waals surface area contributed by atoms with Crippen LogP contribution in [0, 0.1) is 0 Å². The Labute approximate surface area is 120 Å². The van der Waals surface area contributed by atoms with E-state index in [1.165, 1.54) is 18.4 Å². The van der Waals surface area contributed by atoms with Gasteiger partial charge < -0.3 is 10.2 Å². The number of unbranched alkanes of at least 4 members (excludes halogenated alkanes) is 1. The summed E-state index contributed by atoms with van der Waals surface area (Å²) in [6.07, 6.45) is 3.62. The van der Waals surface area contributed by atoms with Crippen LogP contribution >= 0.6 is 0 Å². The summed E-state index contributed by atoms with van der Waals surface area (Å²) in [7, 11) is 1.67. The van der Waals surface area contributed by atoms with E-state index < -0.39 is 0 Å². The minimum atomic E-state index is 0.819. The fourth-order valence-electron chi connectivity index (χ4n) is 2.02. The van der Waals surface area contributed by atoms with E-state index in [0.29, 0.717) is 0 Å². The zero-order valence-corrected chi connectivity index (χ0v) is 12.1. The number of rotatable bonds is 7. The third-order valence-electron chi connectivity index (χ3n) is 3.22. The lowest BCUT2D eigenvalue weighted by Crippen LogP contribution is -2.09. The third-order valence-corrected chi connectivity index (χ3v) is 3.22. The van der Waals surface area contributed by atoms with Crippen LogP contribution in [-0.4, -0.2) is 7.11 Å². The Kier molecular flexibility index (Phi) is 5.30. The molecule has 3 heteroatoms. The minimum Gasteiger partial charge on any atom is -0.495 e. The van der Waals surface area contributed by atoms with Crippen LogP contribution in [0.4, 0.5) is 11.4 Å². The zero-order valence-electron chi connectivity index (χ0n) is 12.1. The standard InChI is InChI=1S/C17H22N2O/c1-3-4-7-14-10-12-15(13-11-14)18-19-16-8-5-6-9-17(16)20-2/h5-6,8-13,18-19H,3-4,7H2,1-2H3. The van der Waals surface area contributed by atoms with E-state index in [-0.39, 0.29) is 0 Å². The molecule has 0 aliphatic heterocycles. The number of ether oxygens (including phenoxy) is 1. The summed E-state index contributed by atoms with van der Waals surface area (Å²) in [6.45, 7) is 2.22. The van der Waals surface area contributed by atoms with Crippen molar-refractivity contribution in [1.82, 2.24) is 0 Å². The number of aryl methyl sites for hydroxylation is 1. The van der Waals surface area contributed by atoms with Crippen LogP contribution in [0.2, 0.25) is 0 Å². The van der Waals surface area contributed by atoms with Crippen LogP contribution in [0.5, 0.6) is 5.75 Å². The smallest absolute Gasteiger partial charge is 0.143 e. The number of hydrogen-bond donors (Lipinski definition) is 2. The Bertz CT molecular complexity index is 523. The Balaban J connectivity index is 1.93. The monoisotopic (exact) mass is 270 g/mol. The summed E-state index contributed by atoms with van der Waals surface area (Å²) < 4.78 is 5.29. The number of benzene rings is 2. The molecule has 0 fully saturated rings. The third kappa shape index (κ3) is 3.92. The molecule has 0 aliphatic rings. The van der Waals surface area contributed by atoms with Gasteiger partial charge in [-0.25, -0.2) is 0 Å². The van der Waals surface area contributed by atoms with E-state index >= 15 is 0 Å². The van der Waals surface area contributed by atoms with E-state index in [0.717, 1.165) is 23.5 Å². The minimum absolute atomic E-state index is 0.819. The summed E-state index contributed by atoms with van der Waals surface area (Å²) in [5.74, 6) is 0.819. The van der Waals surface area contributed by atoms with Crippen LogP contribution < -0.4 is 15.6 Å². The first-order valence-corrected chi connectivity index (χ1v) is 7.07. The van der Waals surface area contributed by atoms with E-state index in [1.54, 1.807) is 7.11 Å². The van der Waals surface area contributed by atoms with Gasteiger partial charge in [0.25, 0.3) is 0 Å². The van der Waals surface area contributed by atoms with Crippen LogP contribution in [0.25, 0.3) is 0 Å². The summed E-state index contributed by atoms with van der Waals surface area (Å²) in [6, 6.07) is 16.3. The molecule has 0 aromatic heterocycles. The molecule has 0 unspecified atom stereocenters. The molecule has 2 rings (SSSR count). The van der Waals surface area contributed by atoms with Crippen molar-refractivity contribution in [3.05, 3.63) is 54.1 Å². The maximum Gasteiger partial charge on any atom is 0.143 e. The maximum atomic E-state index is 5.29. The molecule has 2 aromatic carbocycles. The zero-order chi connectivity index (χ0) is 14.2. The highest BCUT2D eigenvalue weighted by Gasteiger charge is 2.00. The molecule has 0 heterocycles. The molecule has 106 valence electrons. The largest absolute Gasteiger partial charge is 0.495 e. The molecule has 2 aromatic rings. The normalized spacial score (nSPS) is 10.1. The van der Waals surface area contributed by atoms with Crippen LogP contribution in [-0.2, 0) is 6.42 Å². The average Bonchev–Trinajstić information content (AvgIpc) is 2.52. The summed E-state index contributed by atoms with van der Waals surface area (Å²) in [5, 5.41) is 0. The fourth-order valence-corrected chi connectivity index (χ4v) is 2.02. The highest BCUT2D eigenvalue weighted by molar-refractivity contribution is 5.60. The lowest BCUT2D eigenvalue weighted by molar-refractivity contribution is 0.416. The lowest BCUT2D eigenvalue weighted by Gasteiger charge is -2.13. The predicted molar refractivity (Wildman–Crippen MR) is 85.3 cm³/mol. The molecule has 0 bridgehead atoms. The summed E-state index contributed by atoms with van der Waals surface area (Å²) >= 11 is 0. The molecule has 0 aliphatic carbocycles. The molecule has 0 amide bonds. The Morgan fingerprint density at radius 1 is 0.950 bits per heavy atom. The van der Waals surface area contributed by atoms with E-state index in [9.17, 15) is 0 Å². The number of nitrogens with one attached hydrogen (secondary N) is 2. The molecule has 3 nitrogen and oxygen atoms in total. The molecule has 0 spiro atoms. The molecule has 0 saturated carbocycles. The van der Waals surface area contributed by atoms with Crippen molar-refractivity contribution in [3.8, 4) is 5.75 Å². The Hall–Kier alpha value is -2.16. The van der Waals surface area contributed by atoms with Gasteiger partial charge in [0.15, 0.2) is 0 Å². The lowest BCUT2D eigenvalue weighted by atomic mass is 10.1. The predicted octanol–water partition coefficient (Wildman–Crippen LogP) is 4.48. The van der Waals surface area contributed by atoms with Gasteiger partial charge in [-0.15, -0.1) is 0 Å². The summed E-state index contributed by atoms with van der Waals surface area (Å²) in [5.41, 5.74) is 9.70. The van der Waals surface area contributed by atoms with E-state index in [4.69, 9.17) is 4.74 Å². The number of para-hydroxylation sites is 2. The first kappa shape index (κ1) is 14.3. The molecular formula is C17H22N2O. The number of hydrogen-bond acceptors (Lipinski definition) is 3.